The van der Waals surface area contributed by atoms with Gasteiger partial charge < -0.3 is 14.3 Å². The Hall–Kier alpha value is -2.79. The van der Waals surface area contributed by atoms with E-state index >= 15 is 0 Å². The van der Waals surface area contributed by atoms with Crippen molar-refractivity contribution in [2.24, 2.45) is 0 Å². The van der Waals surface area contributed by atoms with Crippen molar-refractivity contribution in [2.45, 2.75) is 6.92 Å². The molecule has 6 heteroatoms. The van der Waals surface area contributed by atoms with Gasteiger partial charge in [0.2, 0.25) is 5.43 Å². The molecule has 3 rings (SSSR count). The molecule has 1 N–H and O–H groups in total. The fourth-order valence-corrected chi connectivity index (χ4v) is 2.81. The number of carboxylic acid groups (broad SMARTS) is 1. The molecular formula is C18H13ClO5. The van der Waals surface area contributed by atoms with Crippen LogP contribution in [0.15, 0.2) is 51.7 Å². The van der Waals surface area contributed by atoms with Crippen molar-refractivity contribution in [2.75, 3.05) is 6.61 Å². The van der Waals surface area contributed by atoms with Crippen LogP contribution in [0.25, 0.3) is 22.1 Å². The third-order valence-corrected chi connectivity index (χ3v) is 3.82. The summed E-state index contributed by atoms with van der Waals surface area (Å²) in [5.74, 6) is -0.432. The number of benzene rings is 2. The molecule has 122 valence electrons. The molecule has 0 unspecified atom stereocenters. The number of hydrogen-bond acceptors (Lipinski definition) is 4. The summed E-state index contributed by atoms with van der Waals surface area (Å²) in [6, 6.07) is 12.1. The third-order valence-electron chi connectivity index (χ3n) is 3.52. The molecule has 0 amide bonds. The fraction of sp³-hybridized carbons (Fsp3) is 0.111. The number of carboxylic acids is 1. The Bertz CT molecular complexity index is 976. The first-order chi connectivity index (χ1) is 11.5. The lowest BCUT2D eigenvalue weighted by molar-refractivity contribution is -0.139. The summed E-state index contributed by atoms with van der Waals surface area (Å²) in [4.78, 5) is 23.5. The fourth-order valence-electron chi connectivity index (χ4n) is 2.53. The highest BCUT2D eigenvalue weighted by Crippen LogP contribution is 2.31. The summed E-state index contributed by atoms with van der Waals surface area (Å²) < 4.78 is 10.8. The van der Waals surface area contributed by atoms with Crippen molar-refractivity contribution >= 4 is 28.5 Å². The minimum absolute atomic E-state index is 0.152. The molecule has 1 aromatic heterocycles. The second kappa shape index (κ2) is 6.37. The van der Waals surface area contributed by atoms with E-state index in [1.807, 2.05) is 30.3 Å². The van der Waals surface area contributed by atoms with Crippen molar-refractivity contribution in [3.8, 4) is 16.9 Å². The lowest BCUT2D eigenvalue weighted by atomic mass is 10.0. The first-order valence-corrected chi connectivity index (χ1v) is 7.52. The minimum Gasteiger partial charge on any atom is -0.482 e. The normalized spacial score (nSPS) is 10.8. The van der Waals surface area contributed by atoms with Crippen molar-refractivity contribution in [3.63, 3.8) is 0 Å². The second-order valence-corrected chi connectivity index (χ2v) is 5.60. The third kappa shape index (κ3) is 2.98. The van der Waals surface area contributed by atoms with Crippen LogP contribution in [0, 0.1) is 6.92 Å². The first-order valence-electron chi connectivity index (χ1n) is 7.14. The van der Waals surface area contributed by atoms with Gasteiger partial charge in [-0.25, -0.2) is 4.79 Å². The highest BCUT2D eigenvalue weighted by molar-refractivity contribution is 6.35. The van der Waals surface area contributed by atoms with Crippen LogP contribution in [-0.2, 0) is 4.79 Å². The number of ether oxygens (including phenoxy) is 1. The van der Waals surface area contributed by atoms with E-state index in [2.05, 4.69) is 0 Å². The van der Waals surface area contributed by atoms with Crippen LogP contribution in [0.3, 0.4) is 0 Å². The van der Waals surface area contributed by atoms with Crippen molar-refractivity contribution in [1.82, 2.24) is 0 Å². The quantitative estimate of drug-likeness (QED) is 0.777. The molecule has 0 spiro atoms. The molecular weight excluding hydrogens is 332 g/mol. The van der Waals surface area contributed by atoms with Crippen molar-refractivity contribution in [3.05, 3.63) is 63.5 Å². The standard InChI is InChI=1S/C18H13ClO5/c1-10-16(11-5-3-2-4-6-11)18(22)17-13(19)7-12(8-14(17)24-10)23-9-15(20)21/h2-8H,9H2,1H3,(H,20,21). The molecule has 0 radical (unpaired) electrons. The van der Waals surface area contributed by atoms with Gasteiger partial charge in [-0.2, -0.15) is 0 Å². The lowest BCUT2D eigenvalue weighted by Gasteiger charge is -2.10. The van der Waals surface area contributed by atoms with Crippen LogP contribution >= 0.6 is 11.6 Å². The van der Waals surface area contributed by atoms with E-state index < -0.39 is 12.6 Å². The van der Waals surface area contributed by atoms with Gasteiger partial charge in [-0.1, -0.05) is 41.9 Å². The molecule has 0 saturated heterocycles. The second-order valence-electron chi connectivity index (χ2n) is 5.19. The zero-order valence-electron chi connectivity index (χ0n) is 12.7. The maximum absolute atomic E-state index is 12.9. The Kier molecular flexibility index (Phi) is 4.27. The van der Waals surface area contributed by atoms with Gasteiger partial charge >= 0.3 is 5.97 Å². The molecule has 3 aromatic rings. The Morgan fingerprint density at radius 2 is 1.96 bits per heavy atom. The van der Waals surface area contributed by atoms with Gasteiger partial charge in [0.25, 0.3) is 0 Å². The number of hydrogen-bond donors (Lipinski definition) is 1. The molecule has 24 heavy (non-hydrogen) atoms. The summed E-state index contributed by atoms with van der Waals surface area (Å²) >= 11 is 6.21. The van der Waals surface area contributed by atoms with E-state index in [0.717, 1.165) is 5.56 Å². The lowest BCUT2D eigenvalue weighted by Crippen LogP contribution is -2.11. The molecule has 0 atom stereocenters. The molecule has 5 nitrogen and oxygen atoms in total. The average molecular weight is 345 g/mol. The summed E-state index contributed by atoms with van der Waals surface area (Å²) in [7, 11) is 0. The minimum atomic E-state index is -1.11. The van der Waals surface area contributed by atoms with E-state index in [-0.39, 0.29) is 27.2 Å². The molecule has 1 heterocycles. The summed E-state index contributed by atoms with van der Waals surface area (Å²) in [5.41, 5.74) is 1.21. The average Bonchev–Trinajstić information content (AvgIpc) is 2.53. The predicted octanol–water partition coefficient (Wildman–Crippen LogP) is 3.89. The monoisotopic (exact) mass is 344 g/mol. The number of rotatable bonds is 4. The SMILES string of the molecule is Cc1oc2cc(OCC(=O)O)cc(Cl)c2c(=O)c1-c1ccccc1. The molecule has 0 saturated carbocycles. The van der Waals surface area contributed by atoms with Gasteiger partial charge in [-0.15, -0.1) is 0 Å². The molecule has 0 aliphatic carbocycles. The van der Waals surface area contributed by atoms with E-state index in [4.69, 9.17) is 25.9 Å². The van der Waals surface area contributed by atoms with Gasteiger partial charge in [0, 0.05) is 6.07 Å². The van der Waals surface area contributed by atoms with Crippen LogP contribution in [0.5, 0.6) is 5.75 Å². The first kappa shape index (κ1) is 16.1. The van der Waals surface area contributed by atoms with Gasteiger partial charge in [-0.05, 0) is 18.6 Å². The molecule has 0 aliphatic heterocycles. The van der Waals surface area contributed by atoms with E-state index in [1.54, 1.807) is 6.92 Å². The molecule has 0 aliphatic rings. The summed E-state index contributed by atoms with van der Waals surface area (Å²) in [6.07, 6.45) is 0. The maximum Gasteiger partial charge on any atom is 0.341 e. The zero-order valence-corrected chi connectivity index (χ0v) is 13.5. The smallest absolute Gasteiger partial charge is 0.341 e. The van der Waals surface area contributed by atoms with Crippen molar-refractivity contribution in [1.29, 1.82) is 0 Å². The Morgan fingerprint density at radius 1 is 1.25 bits per heavy atom. The van der Waals surface area contributed by atoms with Crippen LogP contribution in [-0.4, -0.2) is 17.7 Å². The number of aliphatic carboxylic acids is 1. The van der Waals surface area contributed by atoms with Crippen LogP contribution in [0.1, 0.15) is 5.76 Å². The van der Waals surface area contributed by atoms with E-state index in [0.29, 0.717) is 11.3 Å². The number of carbonyl (C=O) groups is 1. The maximum atomic E-state index is 12.9. The molecule has 2 aromatic carbocycles. The Balaban J connectivity index is 2.20. The predicted molar refractivity (Wildman–Crippen MR) is 90.8 cm³/mol. The highest BCUT2D eigenvalue weighted by atomic mass is 35.5. The Morgan fingerprint density at radius 3 is 2.62 bits per heavy atom. The van der Waals surface area contributed by atoms with Crippen LogP contribution in [0.4, 0.5) is 0 Å². The van der Waals surface area contributed by atoms with E-state index in [1.165, 1.54) is 12.1 Å². The number of aryl methyl sites for hydroxylation is 1. The van der Waals surface area contributed by atoms with Crippen molar-refractivity contribution < 1.29 is 19.1 Å². The Labute approximate surface area is 142 Å². The highest BCUT2D eigenvalue weighted by Gasteiger charge is 2.17. The van der Waals surface area contributed by atoms with Crippen LogP contribution < -0.4 is 10.2 Å². The molecule has 0 bridgehead atoms. The van der Waals surface area contributed by atoms with Gasteiger partial charge in [0.1, 0.15) is 17.1 Å². The largest absolute Gasteiger partial charge is 0.482 e. The number of fused-ring (bicyclic) bond motifs is 1. The van der Waals surface area contributed by atoms with Gasteiger partial charge in [0.15, 0.2) is 6.61 Å². The van der Waals surface area contributed by atoms with E-state index in [9.17, 15) is 9.59 Å². The summed E-state index contributed by atoms with van der Waals surface area (Å²) in [5, 5.41) is 9.07. The van der Waals surface area contributed by atoms with Gasteiger partial charge in [-0.3, -0.25) is 4.79 Å². The topological polar surface area (TPSA) is 76.7 Å². The summed E-state index contributed by atoms with van der Waals surface area (Å²) in [6.45, 7) is 1.19. The number of halogens is 1. The zero-order chi connectivity index (χ0) is 17.3. The van der Waals surface area contributed by atoms with Gasteiger partial charge in [0.05, 0.1) is 16.0 Å². The van der Waals surface area contributed by atoms with Crippen LogP contribution in [0.2, 0.25) is 5.02 Å². The molecule has 0 fully saturated rings.